The van der Waals surface area contributed by atoms with Gasteiger partial charge in [0.15, 0.2) is 0 Å². The van der Waals surface area contributed by atoms with E-state index < -0.39 is 28.4 Å². The Morgan fingerprint density at radius 2 is 1.84 bits per heavy atom. The van der Waals surface area contributed by atoms with Crippen LogP contribution in [0.4, 0.5) is 13.2 Å². The van der Waals surface area contributed by atoms with Crippen LogP contribution < -0.4 is 4.72 Å². The molecule has 0 bridgehead atoms. The monoisotopic (exact) mass is 564 g/mol. The Labute approximate surface area is 228 Å². The van der Waals surface area contributed by atoms with Crippen LogP contribution in [0.3, 0.4) is 0 Å². The number of sulfonamides is 1. The third-order valence-electron chi connectivity index (χ3n) is 6.95. The highest BCUT2D eigenvalue weighted by atomic mass is 32.2. The predicted molar refractivity (Wildman–Crippen MR) is 150 cm³/mol. The van der Waals surface area contributed by atoms with Gasteiger partial charge < -0.3 is 0 Å². The molecule has 2 unspecified atom stereocenters. The predicted octanol–water partition coefficient (Wildman–Crippen LogP) is 7.91. The SMILES string of the molecule is CCc1cscc1C(CC)C(=Cc1cc(F)c(C)cc1C)c1ccc(S(=O)(=O)NC(C)C(F)(F)CC)cn1. The van der Waals surface area contributed by atoms with Crippen LogP contribution in [0, 0.1) is 19.7 Å². The second kappa shape index (κ2) is 12.1. The zero-order valence-corrected chi connectivity index (χ0v) is 24.2. The molecule has 2 atom stereocenters. The molecule has 0 radical (unpaired) electrons. The van der Waals surface area contributed by atoms with Crippen molar-refractivity contribution in [1.29, 1.82) is 0 Å². The minimum Gasteiger partial charge on any atom is -0.255 e. The number of pyridine rings is 1. The highest BCUT2D eigenvalue weighted by Crippen LogP contribution is 2.39. The smallest absolute Gasteiger partial charge is 0.255 e. The lowest BCUT2D eigenvalue weighted by Crippen LogP contribution is -2.45. The minimum atomic E-state index is -4.21. The third-order valence-corrected chi connectivity index (χ3v) is 9.29. The molecule has 9 heteroatoms. The normalized spacial score (nSPS) is 14.5. The lowest BCUT2D eigenvalue weighted by atomic mass is 9.84. The number of alkyl halides is 2. The van der Waals surface area contributed by atoms with Crippen LogP contribution in [0.2, 0.25) is 0 Å². The van der Waals surface area contributed by atoms with Gasteiger partial charge in [-0.25, -0.2) is 26.3 Å². The highest BCUT2D eigenvalue weighted by molar-refractivity contribution is 7.89. The zero-order valence-electron chi connectivity index (χ0n) is 22.6. The lowest BCUT2D eigenvalue weighted by molar-refractivity contribution is -0.0281. The fraction of sp³-hybridized carbons (Fsp3) is 0.414. The van der Waals surface area contributed by atoms with Crippen molar-refractivity contribution in [2.45, 2.75) is 83.6 Å². The van der Waals surface area contributed by atoms with Gasteiger partial charge in [0.2, 0.25) is 10.0 Å². The van der Waals surface area contributed by atoms with Crippen LogP contribution in [-0.4, -0.2) is 25.4 Å². The van der Waals surface area contributed by atoms with Crippen molar-refractivity contribution in [3.05, 3.63) is 80.6 Å². The van der Waals surface area contributed by atoms with Gasteiger partial charge in [-0.1, -0.05) is 26.8 Å². The van der Waals surface area contributed by atoms with E-state index in [4.69, 9.17) is 0 Å². The Bertz CT molecular complexity index is 1400. The molecule has 0 spiro atoms. The first-order valence-corrected chi connectivity index (χ1v) is 15.2. The maximum Gasteiger partial charge on any atom is 0.263 e. The van der Waals surface area contributed by atoms with Crippen molar-refractivity contribution in [3.63, 3.8) is 0 Å². The molecule has 3 aromatic rings. The molecule has 2 aromatic heterocycles. The van der Waals surface area contributed by atoms with Gasteiger partial charge in [0.1, 0.15) is 10.7 Å². The Morgan fingerprint density at radius 1 is 1.13 bits per heavy atom. The van der Waals surface area contributed by atoms with Crippen LogP contribution in [0.5, 0.6) is 0 Å². The fourth-order valence-corrected chi connectivity index (χ4v) is 6.66. The summed E-state index contributed by atoms with van der Waals surface area (Å²) in [7, 11) is -4.21. The van der Waals surface area contributed by atoms with Crippen molar-refractivity contribution in [2.24, 2.45) is 0 Å². The summed E-state index contributed by atoms with van der Waals surface area (Å²) in [5.41, 5.74) is 5.92. The molecule has 0 fully saturated rings. The summed E-state index contributed by atoms with van der Waals surface area (Å²) >= 11 is 1.62. The van der Waals surface area contributed by atoms with Crippen LogP contribution in [0.1, 0.15) is 80.0 Å². The van der Waals surface area contributed by atoms with E-state index in [1.54, 1.807) is 30.4 Å². The van der Waals surface area contributed by atoms with Crippen molar-refractivity contribution < 1.29 is 21.6 Å². The summed E-state index contributed by atoms with van der Waals surface area (Å²) in [6.45, 7) is 10.2. The van der Waals surface area contributed by atoms with Crippen molar-refractivity contribution >= 4 is 33.0 Å². The Balaban J connectivity index is 2.10. The number of aryl methyl sites for hydroxylation is 3. The Kier molecular flexibility index (Phi) is 9.60. The number of aromatic nitrogens is 1. The summed E-state index contributed by atoms with van der Waals surface area (Å²) < 4.78 is 70.2. The largest absolute Gasteiger partial charge is 0.263 e. The van der Waals surface area contributed by atoms with Crippen LogP contribution in [0.15, 0.2) is 46.1 Å². The average Bonchev–Trinajstić information content (AvgIpc) is 3.35. The number of halogens is 3. The highest BCUT2D eigenvalue weighted by Gasteiger charge is 2.37. The van der Waals surface area contributed by atoms with E-state index in [1.165, 1.54) is 30.8 Å². The Morgan fingerprint density at radius 3 is 2.42 bits per heavy atom. The molecule has 0 amide bonds. The molecule has 0 aliphatic heterocycles. The molecule has 0 saturated carbocycles. The molecular weight excluding hydrogens is 529 g/mol. The lowest BCUT2D eigenvalue weighted by Gasteiger charge is -2.23. The molecule has 1 N–H and O–H groups in total. The van der Waals surface area contributed by atoms with Crippen LogP contribution in [-0.2, 0) is 16.4 Å². The van der Waals surface area contributed by atoms with Gasteiger partial charge >= 0.3 is 0 Å². The van der Waals surface area contributed by atoms with Crippen molar-refractivity contribution in [2.75, 3.05) is 0 Å². The number of hydrogen-bond donors (Lipinski definition) is 1. The second-order valence-corrected chi connectivity index (χ2v) is 12.0. The van der Waals surface area contributed by atoms with Gasteiger partial charge in [0.25, 0.3) is 5.92 Å². The summed E-state index contributed by atoms with van der Waals surface area (Å²) in [5.74, 6) is -3.54. The average molecular weight is 565 g/mol. The fourth-order valence-electron chi connectivity index (χ4n) is 4.45. The zero-order chi connectivity index (χ0) is 28.3. The Hall–Kier alpha value is -2.49. The first-order valence-electron chi connectivity index (χ1n) is 12.7. The molecule has 1 aromatic carbocycles. The molecule has 0 aliphatic carbocycles. The maximum atomic E-state index is 14.5. The van der Waals surface area contributed by atoms with E-state index in [1.807, 2.05) is 13.0 Å². The van der Waals surface area contributed by atoms with E-state index in [-0.39, 0.29) is 16.6 Å². The van der Waals surface area contributed by atoms with Gasteiger partial charge in [-0.2, -0.15) is 11.3 Å². The van der Waals surface area contributed by atoms with Gasteiger partial charge in [-0.15, -0.1) is 0 Å². The number of thiophene rings is 1. The van der Waals surface area contributed by atoms with Crippen molar-refractivity contribution in [3.8, 4) is 0 Å². The maximum absolute atomic E-state index is 14.5. The summed E-state index contributed by atoms with van der Waals surface area (Å²) in [5, 5.41) is 4.23. The van der Waals surface area contributed by atoms with Gasteiger partial charge in [-0.3, -0.25) is 4.98 Å². The number of nitrogens with zero attached hydrogens (tertiary/aromatic N) is 1. The molecule has 0 saturated heterocycles. The molecule has 206 valence electrons. The van der Waals surface area contributed by atoms with Gasteiger partial charge in [0.05, 0.1) is 11.7 Å². The number of allylic oxidation sites excluding steroid dienone is 1. The first kappa shape index (κ1) is 30.1. The number of rotatable bonds is 11. The molecule has 0 aliphatic rings. The molecule has 2 heterocycles. The summed E-state index contributed by atoms with van der Waals surface area (Å²) in [4.78, 5) is 4.27. The molecular formula is C29H35F3N2O2S2. The van der Waals surface area contributed by atoms with E-state index in [0.29, 0.717) is 16.8 Å². The number of benzene rings is 1. The third kappa shape index (κ3) is 6.55. The number of nitrogens with one attached hydrogen (secondary N) is 1. The molecule has 3 rings (SSSR count). The van der Waals surface area contributed by atoms with Crippen LogP contribution >= 0.6 is 11.3 Å². The summed E-state index contributed by atoms with van der Waals surface area (Å²) in [6.07, 6.45) is 4.23. The standard InChI is InChI=1S/C29H35F3N2O2S2/c1-7-21-16-37-17-26(21)24(8-2)25(13-22-14-27(30)19(5)12-18(22)4)28-11-10-23(15-33-28)38(35,36)34-20(6)29(31,32)9-3/h10-17,20,24,34H,7-9H2,1-6H3. The minimum absolute atomic E-state index is 0.0590. The second-order valence-electron chi connectivity index (χ2n) is 9.56. The number of hydrogen-bond acceptors (Lipinski definition) is 4. The first-order chi connectivity index (χ1) is 17.8. The van der Waals surface area contributed by atoms with E-state index in [2.05, 4.69) is 34.3 Å². The van der Waals surface area contributed by atoms with E-state index >= 15 is 0 Å². The van der Waals surface area contributed by atoms with Crippen molar-refractivity contribution in [1.82, 2.24) is 9.71 Å². The van der Waals surface area contributed by atoms with Gasteiger partial charge in [0, 0.05) is 18.5 Å². The van der Waals surface area contributed by atoms with E-state index in [9.17, 15) is 21.6 Å². The summed E-state index contributed by atoms with van der Waals surface area (Å²) in [6, 6.07) is 4.69. The van der Waals surface area contributed by atoms with Crippen LogP contribution in [0.25, 0.3) is 11.6 Å². The quantitative estimate of drug-likeness (QED) is 0.257. The van der Waals surface area contributed by atoms with E-state index in [0.717, 1.165) is 36.5 Å². The molecule has 38 heavy (non-hydrogen) atoms. The topological polar surface area (TPSA) is 59.1 Å². The van der Waals surface area contributed by atoms with Gasteiger partial charge in [-0.05, 0) is 102 Å². The molecule has 4 nitrogen and oxygen atoms in total.